The Morgan fingerprint density at radius 1 is 1.35 bits per heavy atom. The van der Waals surface area contributed by atoms with Gasteiger partial charge in [0, 0.05) is 25.7 Å². The minimum atomic E-state index is 0.0664. The van der Waals surface area contributed by atoms with Crippen molar-refractivity contribution in [3.63, 3.8) is 0 Å². The molecule has 5 heteroatoms. The van der Waals surface area contributed by atoms with Crippen LogP contribution in [0.2, 0.25) is 0 Å². The molecule has 2 saturated heterocycles. The number of hydrogen-bond donors (Lipinski definition) is 1. The SMILES string of the molecule is Cc1ccc(CN2C[C@H]3C[C@H](C(=O)NCC4CC4)N(C)[C@H]3C2)o1. The number of hydrogen-bond acceptors (Lipinski definition) is 4. The minimum Gasteiger partial charge on any atom is -0.465 e. The highest BCUT2D eigenvalue weighted by Gasteiger charge is 2.47. The summed E-state index contributed by atoms with van der Waals surface area (Å²) >= 11 is 0. The molecule has 0 unspecified atom stereocenters. The van der Waals surface area contributed by atoms with Crippen LogP contribution in [0.5, 0.6) is 0 Å². The smallest absolute Gasteiger partial charge is 0.237 e. The van der Waals surface area contributed by atoms with Crippen molar-refractivity contribution in [2.24, 2.45) is 11.8 Å². The largest absolute Gasteiger partial charge is 0.465 e. The van der Waals surface area contributed by atoms with Gasteiger partial charge in [-0.1, -0.05) is 0 Å². The molecule has 1 N–H and O–H groups in total. The number of likely N-dealkylation sites (tertiary alicyclic amines) is 2. The van der Waals surface area contributed by atoms with E-state index in [4.69, 9.17) is 4.42 Å². The number of nitrogens with one attached hydrogen (secondary N) is 1. The van der Waals surface area contributed by atoms with Gasteiger partial charge < -0.3 is 9.73 Å². The number of fused-ring (bicyclic) bond motifs is 1. The second kappa shape index (κ2) is 5.95. The van der Waals surface area contributed by atoms with E-state index >= 15 is 0 Å². The van der Waals surface area contributed by atoms with Crippen molar-refractivity contribution < 1.29 is 9.21 Å². The monoisotopic (exact) mass is 317 g/mol. The molecular weight excluding hydrogens is 290 g/mol. The van der Waals surface area contributed by atoms with E-state index in [2.05, 4.69) is 28.2 Å². The zero-order valence-electron chi connectivity index (χ0n) is 14.1. The Balaban J connectivity index is 1.31. The predicted molar refractivity (Wildman–Crippen MR) is 87.9 cm³/mol. The van der Waals surface area contributed by atoms with Crippen molar-refractivity contribution in [3.8, 4) is 0 Å². The lowest BCUT2D eigenvalue weighted by molar-refractivity contribution is -0.125. The van der Waals surface area contributed by atoms with Gasteiger partial charge in [0.05, 0.1) is 12.6 Å². The lowest BCUT2D eigenvalue weighted by Gasteiger charge is -2.25. The summed E-state index contributed by atoms with van der Waals surface area (Å²) in [6, 6.07) is 4.67. The van der Waals surface area contributed by atoms with E-state index in [1.54, 1.807) is 0 Å². The molecule has 0 aromatic carbocycles. The molecule has 126 valence electrons. The van der Waals surface area contributed by atoms with E-state index in [1.807, 2.05) is 13.0 Å². The Labute approximate surface area is 138 Å². The maximum Gasteiger partial charge on any atom is 0.237 e. The number of aryl methyl sites for hydroxylation is 1. The summed E-state index contributed by atoms with van der Waals surface area (Å²) in [5, 5.41) is 3.15. The first-order chi connectivity index (χ1) is 11.1. The molecular formula is C18H27N3O2. The van der Waals surface area contributed by atoms with Crippen LogP contribution in [0.15, 0.2) is 16.5 Å². The molecule has 1 aromatic rings. The first-order valence-corrected chi connectivity index (χ1v) is 8.87. The molecule has 3 fully saturated rings. The summed E-state index contributed by atoms with van der Waals surface area (Å²) in [4.78, 5) is 17.2. The number of nitrogens with zero attached hydrogens (tertiary/aromatic N) is 2. The average molecular weight is 317 g/mol. The van der Waals surface area contributed by atoms with E-state index in [0.717, 1.165) is 50.0 Å². The quantitative estimate of drug-likeness (QED) is 0.896. The minimum absolute atomic E-state index is 0.0664. The summed E-state index contributed by atoms with van der Waals surface area (Å²) in [7, 11) is 2.12. The van der Waals surface area contributed by atoms with Crippen LogP contribution in [0.3, 0.4) is 0 Å². The van der Waals surface area contributed by atoms with Gasteiger partial charge in [0.2, 0.25) is 5.91 Å². The molecule has 3 heterocycles. The molecule has 0 radical (unpaired) electrons. The fraction of sp³-hybridized carbons (Fsp3) is 0.722. The van der Waals surface area contributed by atoms with Crippen LogP contribution in [-0.2, 0) is 11.3 Å². The normalized spacial score (nSPS) is 31.5. The lowest BCUT2D eigenvalue weighted by atomic mass is 10.0. The summed E-state index contributed by atoms with van der Waals surface area (Å²) in [5.41, 5.74) is 0. The number of carbonyl (C=O) groups is 1. The molecule has 1 aromatic heterocycles. The summed E-state index contributed by atoms with van der Waals surface area (Å²) in [5.74, 6) is 3.61. The number of carbonyl (C=O) groups excluding carboxylic acids is 1. The van der Waals surface area contributed by atoms with Gasteiger partial charge in [-0.15, -0.1) is 0 Å². The number of likely N-dealkylation sites (N-methyl/N-ethyl adjacent to an activating group) is 1. The van der Waals surface area contributed by atoms with Gasteiger partial charge in [-0.3, -0.25) is 14.6 Å². The molecule has 0 spiro atoms. The Kier molecular flexibility index (Phi) is 3.93. The molecule has 4 rings (SSSR count). The molecule has 1 amide bonds. The second-order valence-electron chi connectivity index (χ2n) is 7.64. The maximum atomic E-state index is 12.4. The first-order valence-electron chi connectivity index (χ1n) is 8.87. The molecule has 0 bridgehead atoms. The molecule has 1 aliphatic carbocycles. The van der Waals surface area contributed by atoms with Crippen molar-refractivity contribution in [2.45, 2.75) is 44.8 Å². The van der Waals surface area contributed by atoms with Crippen molar-refractivity contribution in [1.29, 1.82) is 0 Å². The van der Waals surface area contributed by atoms with Crippen LogP contribution in [0, 0.1) is 18.8 Å². The summed E-state index contributed by atoms with van der Waals surface area (Å²) < 4.78 is 5.69. The van der Waals surface area contributed by atoms with Crippen molar-refractivity contribution >= 4 is 5.91 Å². The fourth-order valence-corrected chi connectivity index (χ4v) is 4.21. The first kappa shape index (κ1) is 15.2. The third-order valence-corrected chi connectivity index (χ3v) is 5.76. The van der Waals surface area contributed by atoms with Crippen LogP contribution in [-0.4, -0.2) is 54.5 Å². The van der Waals surface area contributed by atoms with Gasteiger partial charge in [-0.05, 0) is 57.2 Å². The maximum absolute atomic E-state index is 12.4. The third kappa shape index (κ3) is 3.17. The Bertz CT molecular complexity index is 581. The van der Waals surface area contributed by atoms with E-state index in [9.17, 15) is 4.79 Å². The van der Waals surface area contributed by atoms with Crippen molar-refractivity contribution in [3.05, 3.63) is 23.7 Å². The standard InChI is InChI=1S/C18H27N3O2/c1-12-3-6-15(23-12)10-21-9-14-7-16(20(2)17(14)11-21)18(22)19-8-13-4-5-13/h3,6,13-14,16-17H,4-5,7-11H2,1-2H3,(H,19,22)/t14-,16-,17+/m1/s1. The summed E-state index contributed by atoms with van der Waals surface area (Å²) in [6.45, 7) is 5.85. The highest BCUT2D eigenvalue weighted by atomic mass is 16.3. The summed E-state index contributed by atoms with van der Waals surface area (Å²) in [6.07, 6.45) is 3.56. The van der Waals surface area contributed by atoms with Gasteiger partial charge in [0.25, 0.3) is 0 Å². The number of furan rings is 1. The molecule has 5 nitrogen and oxygen atoms in total. The number of rotatable bonds is 5. The van der Waals surface area contributed by atoms with E-state index in [-0.39, 0.29) is 11.9 Å². The van der Waals surface area contributed by atoms with Gasteiger partial charge in [-0.25, -0.2) is 0 Å². The highest BCUT2D eigenvalue weighted by Crippen LogP contribution is 2.35. The van der Waals surface area contributed by atoms with Gasteiger partial charge in [-0.2, -0.15) is 0 Å². The topological polar surface area (TPSA) is 48.7 Å². The predicted octanol–water partition coefficient (Wildman–Crippen LogP) is 1.62. The molecule has 23 heavy (non-hydrogen) atoms. The Morgan fingerprint density at radius 3 is 2.83 bits per heavy atom. The van der Waals surface area contributed by atoms with Crippen molar-refractivity contribution in [1.82, 2.24) is 15.1 Å². The zero-order chi connectivity index (χ0) is 16.0. The second-order valence-corrected chi connectivity index (χ2v) is 7.64. The van der Waals surface area contributed by atoms with Crippen molar-refractivity contribution in [2.75, 3.05) is 26.7 Å². The molecule has 3 atom stereocenters. The van der Waals surface area contributed by atoms with Gasteiger partial charge in [0.1, 0.15) is 11.5 Å². The van der Waals surface area contributed by atoms with Crippen LogP contribution >= 0.6 is 0 Å². The van der Waals surface area contributed by atoms with E-state index in [1.165, 1.54) is 12.8 Å². The lowest BCUT2D eigenvalue weighted by Crippen LogP contribution is -2.46. The Hall–Kier alpha value is -1.33. The van der Waals surface area contributed by atoms with Crippen LogP contribution in [0.1, 0.15) is 30.8 Å². The molecule has 1 saturated carbocycles. The molecule has 3 aliphatic rings. The van der Waals surface area contributed by atoms with Gasteiger partial charge in [0.15, 0.2) is 0 Å². The average Bonchev–Trinajstić information content (AvgIpc) is 3.02. The van der Waals surface area contributed by atoms with Gasteiger partial charge >= 0.3 is 0 Å². The number of amides is 1. The van der Waals surface area contributed by atoms with Crippen LogP contribution < -0.4 is 5.32 Å². The molecule has 2 aliphatic heterocycles. The zero-order valence-corrected chi connectivity index (χ0v) is 14.1. The van der Waals surface area contributed by atoms with E-state index < -0.39 is 0 Å². The van der Waals surface area contributed by atoms with E-state index in [0.29, 0.717) is 12.0 Å². The fourth-order valence-electron chi connectivity index (χ4n) is 4.21. The highest BCUT2D eigenvalue weighted by molar-refractivity contribution is 5.82. The van der Waals surface area contributed by atoms with Crippen LogP contribution in [0.25, 0.3) is 0 Å². The Morgan fingerprint density at radius 2 is 2.17 bits per heavy atom. The van der Waals surface area contributed by atoms with Crippen LogP contribution in [0.4, 0.5) is 0 Å². The third-order valence-electron chi connectivity index (χ3n) is 5.76.